The molecule has 0 saturated carbocycles. The van der Waals surface area contributed by atoms with Crippen molar-refractivity contribution >= 4 is 108 Å². The number of nitrogens with one attached hydrogen (secondary N) is 6. The number of esters is 2. The van der Waals surface area contributed by atoms with Crippen molar-refractivity contribution in [2.45, 2.75) is 246 Å². The van der Waals surface area contributed by atoms with Crippen LogP contribution in [-0.2, 0) is 161 Å². The van der Waals surface area contributed by atoms with E-state index >= 15 is 14.2 Å². The second kappa shape index (κ2) is 54.7. The number of phosphoric acid groups is 1. The Bertz CT molecular complexity index is 5380. The van der Waals surface area contributed by atoms with E-state index in [0.717, 1.165) is 85.8 Å². The van der Waals surface area contributed by atoms with Crippen LogP contribution in [0.2, 0.25) is 0 Å². The van der Waals surface area contributed by atoms with Gasteiger partial charge in [0.1, 0.15) is 68.3 Å². The minimum absolute atomic E-state index is 0.0196. The number of imide groups is 2. The summed E-state index contributed by atoms with van der Waals surface area (Å²) in [7, 11) is -4.86. The van der Waals surface area contributed by atoms with Crippen molar-refractivity contribution in [2.24, 2.45) is 5.41 Å². The number of alkyl carbamates (subject to hydrolysis) is 2. The van der Waals surface area contributed by atoms with Crippen LogP contribution in [0.3, 0.4) is 0 Å². The monoisotopic (exact) mass is 2060 g/mol. The lowest BCUT2D eigenvalue weighted by atomic mass is 9.76. The molecule has 1 aliphatic carbocycles. The van der Waals surface area contributed by atoms with Crippen LogP contribution in [0.15, 0.2) is 201 Å². The van der Waals surface area contributed by atoms with Gasteiger partial charge >= 0.3 is 50.3 Å². The van der Waals surface area contributed by atoms with Gasteiger partial charge in [0, 0.05) is 31.0 Å². The standard InChI is InChI=1S/C103H119Cl3F3N6O27P/c1-5-9-10-11-12-13-14-15-19-31-75(130-57-69-42-46-73(47-43-69)103(107,108)109)54-86(119)140-91-87(112-98(123)134-62-80-78-34-24-22-32-76(78)77-33-23-25-35-79(77)80)93(128-52-6-2)139-82(89(91)132-59-70-44-48-74(49-45-70)111-84(117)37-26-36-83(116)110-51-50-85(118)131-58-68-40-38-66(39-41-68)55-101(8-4)95(120)114-97(122)115-96(101)121)64-133-94-88(113-99(124)135-65-102(104,105)106)92(141-100(125)129-53-7-3)90(81(138-94)63-127-56-67-27-17-16-18-28-67)142-143(126)136-60-71-29-20-21-30-72(71)61-137-143/h6-7,16-18,20-25,27-30,32-35,38-49,75,80-82,87-94H,2-3,5,8-15,19,26,31,36-37,50-65H2,1,4H3,(H,110,116)(H,111,117)(H,112,123)(H,113,124)(H2,114,115,120,121,122)/t75-,81-,82-,87-,88-,89-,90-,91-,92-,93+,94-/m1/s1. The highest BCUT2D eigenvalue weighted by atomic mass is 35.6. The summed E-state index contributed by atoms with van der Waals surface area (Å²) in [6.07, 6.45) is -12.8. The van der Waals surface area contributed by atoms with Gasteiger partial charge in [0.25, 0.3) is 0 Å². The Balaban J connectivity index is 0.837. The summed E-state index contributed by atoms with van der Waals surface area (Å²) in [5.74, 6) is -4.33. The van der Waals surface area contributed by atoms with Gasteiger partial charge in [-0.25, -0.2) is 23.7 Å². The summed E-state index contributed by atoms with van der Waals surface area (Å²) >= 11 is 18.5. The third-order valence-corrected chi connectivity index (χ3v) is 26.2. The molecule has 143 heavy (non-hydrogen) atoms. The van der Waals surface area contributed by atoms with Crippen molar-refractivity contribution in [1.29, 1.82) is 0 Å². The van der Waals surface area contributed by atoms with E-state index in [4.69, 9.17) is 110 Å². The minimum Gasteiger partial charge on any atom is -0.461 e. The third kappa shape index (κ3) is 33.4. The number of anilines is 1. The number of phosphoric ester groups is 1. The van der Waals surface area contributed by atoms with Crippen LogP contribution in [-0.4, -0.2) is 177 Å². The van der Waals surface area contributed by atoms with Crippen LogP contribution < -0.4 is 31.9 Å². The first-order valence-corrected chi connectivity index (χ1v) is 50.1. The molecule has 7 aromatic carbocycles. The van der Waals surface area contributed by atoms with Crippen molar-refractivity contribution in [1.82, 2.24) is 26.6 Å². The number of fused-ring (bicyclic) bond motifs is 4. The lowest BCUT2D eigenvalue weighted by molar-refractivity contribution is -0.308. The van der Waals surface area contributed by atoms with Crippen molar-refractivity contribution < 1.29 is 141 Å². The number of hydrogen-bond donors (Lipinski definition) is 6. The second-order valence-electron chi connectivity index (χ2n) is 34.9. The Morgan fingerprint density at radius 2 is 1.08 bits per heavy atom. The molecule has 0 unspecified atom stereocenters. The third-order valence-electron chi connectivity index (χ3n) is 24.5. The highest BCUT2D eigenvalue weighted by molar-refractivity contribution is 7.48. The van der Waals surface area contributed by atoms with E-state index in [-0.39, 0.29) is 97.7 Å². The van der Waals surface area contributed by atoms with Crippen LogP contribution >= 0.6 is 42.6 Å². The molecule has 7 aromatic rings. The van der Waals surface area contributed by atoms with Gasteiger partial charge in [-0.05, 0) is 111 Å². The fourth-order valence-corrected chi connectivity index (χ4v) is 18.5. The molecule has 6 N–H and O–H groups in total. The first-order chi connectivity index (χ1) is 68.9. The summed E-state index contributed by atoms with van der Waals surface area (Å²) in [6, 6.07) is 44.2. The van der Waals surface area contributed by atoms with Crippen LogP contribution in [0.25, 0.3) is 11.1 Å². The zero-order chi connectivity index (χ0) is 102. The van der Waals surface area contributed by atoms with Gasteiger partial charge in [-0.2, -0.15) is 13.2 Å². The lowest BCUT2D eigenvalue weighted by Crippen LogP contribution is -2.68. The van der Waals surface area contributed by atoms with Gasteiger partial charge in [-0.15, -0.1) is 6.58 Å². The number of hydrogen-bond acceptors (Lipinski definition) is 27. The SMILES string of the molecule is C=CCOC(=O)O[C@@H]1[C@@H](NC(=O)OCC(Cl)(Cl)Cl)[C@H](OC[C@H]2O[C@H](OCC=C)[C@H](NC(=O)OCC3c4ccccc4-c4ccccc43)[C@@H](OC(=O)C[C@@H](CCCCCCCCCCC)OCc3ccc(C(F)(F)F)cc3)[C@@H]2OCc2ccc(NC(=O)CCCC(=O)NCCC(=O)OCc3ccc(CC4(CC)C(=O)NC(=O)NC4=O)cc3)cc2)O[C@H](COCc2ccccc2)[C@H]1OP1(=O)OCc2ccccc2CO1. The number of rotatable bonds is 52. The molecular weight excluding hydrogens is 1950 g/mol. The van der Waals surface area contributed by atoms with E-state index in [1.54, 1.807) is 110 Å². The molecule has 770 valence electrons. The normalized spacial score (nSPS) is 20.3. The van der Waals surface area contributed by atoms with E-state index < -0.39 is 201 Å². The molecule has 0 aromatic heterocycles. The Labute approximate surface area is 841 Å². The molecule has 4 aliphatic heterocycles. The van der Waals surface area contributed by atoms with Crippen LogP contribution in [0.4, 0.5) is 38.0 Å². The average Bonchev–Trinajstić information content (AvgIpc) is 1.52. The Morgan fingerprint density at radius 3 is 1.71 bits per heavy atom. The molecule has 4 heterocycles. The number of halogens is 6. The zero-order valence-electron chi connectivity index (χ0n) is 79.2. The van der Waals surface area contributed by atoms with Gasteiger partial charge in [0.05, 0.1) is 77.4 Å². The van der Waals surface area contributed by atoms with E-state index in [1.165, 1.54) is 24.3 Å². The molecule has 33 nitrogen and oxygen atoms in total. The molecule has 11 atom stereocenters. The van der Waals surface area contributed by atoms with Crippen LogP contribution in [0.5, 0.6) is 0 Å². The molecule has 3 saturated heterocycles. The fourth-order valence-electron chi connectivity index (χ4n) is 17.0. The number of carbonyl (C=O) groups is 10. The van der Waals surface area contributed by atoms with Gasteiger partial charge in [0.15, 0.2) is 24.8 Å². The van der Waals surface area contributed by atoms with Crippen molar-refractivity contribution in [2.75, 3.05) is 51.5 Å². The zero-order valence-corrected chi connectivity index (χ0v) is 82.4. The van der Waals surface area contributed by atoms with E-state index in [2.05, 4.69) is 52.0 Å². The van der Waals surface area contributed by atoms with Crippen LogP contribution in [0, 0.1) is 5.41 Å². The first-order valence-electron chi connectivity index (χ1n) is 47.5. The highest BCUT2D eigenvalue weighted by Gasteiger charge is 2.57. The van der Waals surface area contributed by atoms with Gasteiger partial charge in [0.2, 0.25) is 27.4 Å². The molecule has 8 amide bonds. The van der Waals surface area contributed by atoms with Gasteiger partial charge in [-0.1, -0.05) is 277 Å². The number of benzene rings is 7. The van der Waals surface area contributed by atoms with Crippen molar-refractivity contribution in [3.8, 4) is 11.1 Å². The minimum atomic E-state index is -4.86. The Hall–Kier alpha value is -11.2. The average molecular weight is 2070 g/mol. The predicted molar refractivity (Wildman–Crippen MR) is 517 cm³/mol. The smallest absolute Gasteiger partial charge is 0.461 e. The topological polar surface area (TPSA) is 408 Å². The number of unbranched alkanes of at least 4 members (excludes halogenated alkanes) is 8. The van der Waals surface area contributed by atoms with Gasteiger partial charge in [-0.3, -0.25) is 53.0 Å². The molecule has 0 spiro atoms. The van der Waals surface area contributed by atoms with Gasteiger partial charge < -0.3 is 82.8 Å². The molecule has 0 radical (unpaired) electrons. The summed E-state index contributed by atoms with van der Waals surface area (Å²) < 4.78 is 156. The quantitative estimate of drug-likeness (QED) is 0.00392. The lowest BCUT2D eigenvalue weighted by Gasteiger charge is -2.47. The fraction of sp³-hybridized carbons (Fsp3) is 0.456. The number of urea groups is 1. The maximum Gasteiger partial charge on any atom is 0.509 e. The number of ether oxygens (including phenoxy) is 13. The molecular formula is C103H119Cl3F3N6O27P. The number of barbiturate groups is 1. The summed E-state index contributed by atoms with van der Waals surface area (Å²) in [4.78, 5) is 136. The Kier molecular flexibility index (Phi) is 42.3. The van der Waals surface area contributed by atoms with Crippen molar-refractivity contribution in [3.05, 3.63) is 257 Å². The number of amides is 8. The molecule has 12 rings (SSSR count). The predicted octanol–water partition coefficient (Wildman–Crippen LogP) is 18.3. The second-order valence-corrected chi connectivity index (χ2v) is 39.0. The highest BCUT2D eigenvalue weighted by Crippen LogP contribution is 2.56. The molecule has 40 heteroatoms. The van der Waals surface area contributed by atoms with E-state index in [0.29, 0.717) is 51.1 Å². The molecule has 5 aliphatic rings. The summed E-state index contributed by atoms with van der Waals surface area (Å²) in [5.41, 5.74) is 5.40. The number of carbonyl (C=O) groups excluding carboxylic acids is 10. The Morgan fingerprint density at radius 1 is 0.538 bits per heavy atom. The maximum absolute atomic E-state index is 15.7. The molecule has 0 bridgehead atoms. The summed E-state index contributed by atoms with van der Waals surface area (Å²) in [5, 5.41) is 15.3. The largest absolute Gasteiger partial charge is 0.509 e. The van der Waals surface area contributed by atoms with Crippen molar-refractivity contribution in [3.63, 3.8) is 0 Å². The van der Waals surface area contributed by atoms with E-state index in [9.17, 15) is 51.5 Å². The number of alkyl halides is 6. The summed E-state index contributed by atoms with van der Waals surface area (Å²) in [6.45, 7) is 6.69. The van der Waals surface area contributed by atoms with Crippen LogP contribution in [0.1, 0.15) is 178 Å². The molecule has 3 fully saturated rings. The van der Waals surface area contributed by atoms with E-state index in [1.807, 2.05) is 48.5 Å². The maximum atomic E-state index is 15.7. The first kappa shape index (κ1) is 111.